The van der Waals surface area contributed by atoms with Gasteiger partial charge >= 0.3 is 11.9 Å². The van der Waals surface area contributed by atoms with E-state index in [-0.39, 0.29) is 32.5 Å². The summed E-state index contributed by atoms with van der Waals surface area (Å²) >= 11 is 0. The standard InChI is InChI=1S/C37H42N4O7S4/c1-36(45-3,24-46-34(43)20-22-40-28-8-16-32(17-9-28)51-49-30-12-4-26(38)5-13-30)37(2,47-25-42)48-35(44)21-23-41-29-10-18-33(19-11-29)52-50-31-14-6-27(39)7-15-31/h4-19,25,40-41H,20-24,38-39H2,1-3H3/t36-,37?/m1/s1. The van der Waals surface area contributed by atoms with Gasteiger partial charge in [0.1, 0.15) is 6.61 Å². The molecule has 2 atom stereocenters. The van der Waals surface area contributed by atoms with E-state index in [1.54, 1.807) is 43.2 Å². The Balaban J connectivity index is 1.18. The van der Waals surface area contributed by atoms with Crippen LogP contribution in [-0.4, -0.2) is 56.6 Å². The summed E-state index contributed by atoms with van der Waals surface area (Å²) < 4.78 is 21.9. The predicted molar refractivity (Wildman–Crippen MR) is 212 cm³/mol. The second kappa shape index (κ2) is 20.2. The van der Waals surface area contributed by atoms with E-state index in [0.29, 0.717) is 6.54 Å². The summed E-state index contributed by atoms with van der Waals surface area (Å²) in [6, 6.07) is 31.0. The third-order valence-corrected chi connectivity index (χ3v) is 12.6. The molecular formula is C37H42N4O7S4. The lowest BCUT2D eigenvalue weighted by Crippen LogP contribution is -2.58. The third kappa shape index (κ3) is 12.8. The number of benzene rings is 4. The molecule has 0 aromatic heterocycles. The van der Waals surface area contributed by atoms with Gasteiger partial charge in [0, 0.05) is 69.5 Å². The molecule has 4 aromatic carbocycles. The summed E-state index contributed by atoms with van der Waals surface area (Å²) in [7, 11) is 7.87. The number of anilines is 4. The second-order valence-corrected chi connectivity index (χ2v) is 16.2. The lowest BCUT2D eigenvalue weighted by molar-refractivity contribution is -0.289. The average molecular weight is 783 g/mol. The van der Waals surface area contributed by atoms with Crippen LogP contribution >= 0.6 is 43.2 Å². The monoisotopic (exact) mass is 782 g/mol. The lowest BCUT2D eigenvalue weighted by atomic mass is 9.96. The van der Waals surface area contributed by atoms with Gasteiger partial charge in [-0.3, -0.25) is 14.4 Å². The number of carbonyl (C=O) groups is 3. The molecule has 0 spiro atoms. The highest BCUT2D eigenvalue weighted by Crippen LogP contribution is 2.39. The van der Waals surface area contributed by atoms with Crippen LogP contribution in [0.5, 0.6) is 0 Å². The minimum Gasteiger partial charge on any atom is -0.462 e. The molecule has 4 rings (SSSR count). The van der Waals surface area contributed by atoms with Crippen molar-refractivity contribution in [3.8, 4) is 0 Å². The Bertz CT molecular complexity index is 1730. The smallest absolute Gasteiger partial charge is 0.310 e. The first-order valence-corrected chi connectivity index (χ1v) is 20.4. The zero-order valence-electron chi connectivity index (χ0n) is 29.0. The van der Waals surface area contributed by atoms with Gasteiger partial charge in [0.15, 0.2) is 5.60 Å². The molecule has 15 heteroatoms. The number of methoxy groups -OCH3 is 1. The molecule has 276 valence electrons. The summed E-state index contributed by atoms with van der Waals surface area (Å²) in [5.41, 5.74) is 13.1. The molecule has 0 saturated heterocycles. The van der Waals surface area contributed by atoms with E-state index in [4.69, 9.17) is 30.4 Å². The fraction of sp³-hybridized carbons (Fsp3) is 0.270. The number of hydrogen-bond donors (Lipinski definition) is 4. The Morgan fingerprint density at radius 2 is 1.04 bits per heavy atom. The molecule has 0 bridgehead atoms. The molecule has 6 N–H and O–H groups in total. The molecular weight excluding hydrogens is 741 g/mol. The largest absolute Gasteiger partial charge is 0.462 e. The number of carbonyl (C=O) groups excluding carboxylic acids is 3. The Labute approximate surface area is 319 Å². The first-order chi connectivity index (χ1) is 25.0. The topological polar surface area (TPSA) is 164 Å². The van der Waals surface area contributed by atoms with Crippen molar-refractivity contribution in [3.05, 3.63) is 97.1 Å². The SMILES string of the molecule is CO[C@](C)(COC(=O)CCNc1ccc(SSc2ccc(N)cc2)cc1)C(C)(OC=O)OC(=O)CCNc1ccc(SSc2ccc(N)cc2)cc1. The maximum Gasteiger partial charge on any atom is 0.310 e. The lowest BCUT2D eigenvalue weighted by Gasteiger charge is -2.41. The van der Waals surface area contributed by atoms with E-state index in [2.05, 4.69) is 10.6 Å². The van der Waals surface area contributed by atoms with Crippen LogP contribution in [0.1, 0.15) is 26.7 Å². The van der Waals surface area contributed by atoms with E-state index < -0.39 is 23.3 Å². The van der Waals surface area contributed by atoms with E-state index in [1.807, 2.05) is 97.1 Å². The van der Waals surface area contributed by atoms with E-state index in [9.17, 15) is 14.4 Å². The van der Waals surface area contributed by atoms with Crippen molar-refractivity contribution < 1.29 is 33.3 Å². The van der Waals surface area contributed by atoms with Gasteiger partial charge in [-0.25, -0.2) is 0 Å². The molecule has 52 heavy (non-hydrogen) atoms. The molecule has 0 radical (unpaired) electrons. The van der Waals surface area contributed by atoms with Crippen molar-refractivity contribution in [1.82, 2.24) is 0 Å². The van der Waals surface area contributed by atoms with Crippen molar-refractivity contribution in [2.24, 2.45) is 0 Å². The highest BCUT2D eigenvalue weighted by atomic mass is 33.1. The fourth-order valence-corrected chi connectivity index (χ4v) is 8.26. The van der Waals surface area contributed by atoms with Crippen molar-refractivity contribution >= 4 is 84.3 Å². The third-order valence-electron chi connectivity index (χ3n) is 7.75. The summed E-state index contributed by atoms with van der Waals surface area (Å²) in [4.78, 5) is 41.3. The minimum absolute atomic E-state index is 0.0341. The van der Waals surface area contributed by atoms with Crippen molar-refractivity contribution in [2.75, 3.05) is 48.9 Å². The van der Waals surface area contributed by atoms with Crippen LogP contribution in [0.2, 0.25) is 0 Å². The van der Waals surface area contributed by atoms with Crippen LogP contribution in [-0.2, 0) is 33.3 Å². The van der Waals surface area contributed by atoms with Crippen LogP contribution in [0, 0.1) is 0 Å². The number of esters is 2. The number of ether oxygens (including phenoxy) is 4. The molecule has 0 heterocycles. The van der Waals surface area contributed by atoms with E-state index in [0.717, 1.165) is 42.3 Å². The van der Waals surface area contributed by atoms with Crippen LogP contribution in [0.15, 0.2) is 117 Å². The quantitative estimate of drug-likeness (QED) is 0.0210. The molecule has 0 aliphatic carbocycles. The van der Waals surface area contributed by atoms with Gasteiger partial charge in [-0.05, 0) is 104 Å². The second-order valence-electron chi connectivity index (χ2n) is 11.6. The highest BCUT2D eigenvalue weighted by molar-refractivity contribution is 8.77. The maximum absolute atomic E-state index is 12.9. The fourth-order valence-electron chi connectivity index (χ4n) is 4.40. The zero-order valence-corrected chi connectivity index (χ0v) is 32.3. The minimum atomic E-state index is -1.88. The number of hydrogen-bond acceptors (Lipinski definition) is 15. The van der Waals surface area contributed by atoms with Crippen molar-refractivity contribution in [2.45, 2.75) is 57.7 Å². The first kappa shape index (κ1) is 40.6. The Kier molecular flexibility index (Phi) is 15.8. The summed E-state index contributed by atoms with van der Waals surface area (Å²) in [5.74, 6) is -3.04. The summed E-state index contributed by atoms with van der Waals surface area (Å²) in [6.45, 7) is 3.34. The van der Waals surface area contributed by atoms with Crippen LogP contribution < -0.4 is 22.1 Å². The van der Waals surface area contributed by atoms with Gasteiger partial charge in [-0.15, -0.1) is 0 Å². The maximum atomic E-state index is 12.9. The normalized spacial score (nSPS) is 13.2. The number of nitrogens with two attached hydrogens (primary N) is 2. The van der Waals surface area contributed by atoms with Gasteiger partial charge in [0.05, 0.1) is 12.8 Å². The number of nitrogen functional groups attached to an aromatic ring is 2. The molecule has 0 saturated carbocycles. The Morgan fingerprint density at radius 3 is 1.42 bits per heavy atom. The van der Waals surface area contributed by atoms with Crippen LogP contribution in [0.3, 0.4) is 0 Å². The first-order valence-electron chi connectivity index (χ1n) is 16.1. The Morgan fingerprint density at radius 1 is 0.654 bits per heavy atom. The summed E-state index contributed by atoms with van der Waals surface area (Å²) in [5, 5.41) is 6.39. The van der Waals surface area contributed by atoms with Gasteiger partial charge in [-0.2, -0.15) is 0 Å². The molecule has 11 nitrogen and oxygen atoms in total. The van der Waals surface area contributed by atoms with E-state index >= 15 is 0 Å². The Hall–Kier alpha value is -4.15. The predicted octanol–water partition coefficient (Wildman–Crippen LogP) is 8.13. The van der Waals surface area contributed by atoms with Crippen molar-refractivity contribution in [3.63, 3.8) is 0 Å². The molecule has 0 fully saturated rings. The van der Waals surface area contributed by atoms with E-state index in [1.165, 1.54) is 21.0 Å². The van der Waals surface area contributed by atoms with Crippen LogP contribution in [0.4, 0.5) is 22.7 Å². The van der Waals surface area contributed by atoms with Gasteiger partial charge in [0.2, 0.25) is 0 Å². The number of nitrogens with one attached hydrogen (secondary N) is 2. The average Bonchev–Trinajstić information content (AvgIpc) is 3.14. The highest BCUT2D eigenvalue weighted by Gasteiger charge is 2.52. The van der Waals surface area contributed by atoms with Crippen molar-refractivity contribution in [1.29, 1.82) is 0 Å². The molecule has 1 unspecified atom stereocenters. The van der Waals surface area contributed by atoms with Crippen LogP contribution in [0.25, 0.3) is 0 Å². The van der Waals surface area contributed by atoms with Gasteiger partial charge in [0.25, 0.3) is 12.3 Å². The molecule has 0 amide bonds. The van der Waals surface area contributed by atoms with Gasteiger partial charge < -0.3 is 41.0 Å². The molecule has 0 aliphatic heterocycles. The number of rotatable bonds is 21. The zero-order chi connectivity index (χ0) is 37.4. The molecule has 4 aromatic rings. The summed E-state index contributed by atoms with van der Waals surface area (Å²) in [6.07, 6.45) is 0.0225. The molecule has 0 aliphatic rings. The van der Waals surface area contributed by atoms with Gasteiger partial charge in [-0.1, -0.05) is 43.2 Å².